The summed E-state index contributed by atoms with van der Waals surface area (Å²) in [5.74, 6) is -0.972. The summed E-state index contributed by atoms with van der Waals surface area (Å²) >= 11 is 0. The van der Waals surface area contributed by atoms with Gasteiger partial charge in [0.1, 0.15) is 5.75 Å². The zero-order valence-electron chi connectivity index (χ0n) is 15.0. The molecule has 1 N–H and O–H groups in total. The van der Waals surface area contributed by atoms with Crippen molar-refractivity contribution in [3.63, 3.8) is 0 Å². The van der Waals surface area contributed by atoms with Crippen LogP contribution in [0.25, 0.3) is 6.08 Å². The Morgan fingerprint density at radius 2 is 1.96 bits per heavy atom. The molecule has 0 fully saturated rings. The number of benzene rings is 1. The van der Waals surface area contributed by atoms with Crippen LogP contribution in [0.1, 0.15) is 37.7 Å². The molecule has 1 aliphatic rings. The van der Waals surface area contributed by atoms with Gasteiger partial charge in [-0.05, 0) is 55.9 Å². The number of allylic oxidation sites excluding steroid dienone is 1. The minimum atomic E-state index is -2.88. The van der Waals surface area contributed by atoms with Crippen molar-refractivity contribution in [2.24, 2.45) is 0 Å². The minimum absolute atomic E-state index is 0.0328. The Bertz CT molecular complexity index is 684. The van der Waals surface area contributed by atoms with Gasteiger partial charge in [0.05, 0.1) is 0 Å². The van der Waals surface area contributed by atoms with Gasteiger partial charge in [-0.1, -0.05) is 23.8 Å². The molecule has 0 spiro atoms. The van der Waals surface area contributed by atoms with Crippen molar-refractivity contribution in [1.82, 2.24) is 5.32 Å². The molecule has 1 amide bonds. The molecule has 0 radical (unpaired) electrons. The number of alkyl halides is 2. The maximum Gasteiger partial charge on any atom is 0.387 e. The van der Waals surface area contributed by atoms with Crippen molar-refractivity contribution in [1.29, 1.82) is 0 Å². The smallest absolute Gasteiger partial charge is 0.387 e. The average Bonchev–Trinajstić information content (AvgIpc) is 2.66. The summed E-state index contributed by atoms with van der Waals surface area (Å²) in [7, 11) is 0. The van der Waals surface area contributed by atoms with Gasteiger partial charge >= 0.3 is 12.6 Å². The van der Waals surface area contributed by atoms with Gasteiger partial charge in [-0.15, -0.1) is 0 Å². The Balaban J connectivity index is 1.65. The van der Waals surface area contributed by atoms with Crippen LogP contribution in [0.3, 0.4) is 0 Å². The van der Waals surface area contributed by atoms with Crippen LogP contribution in [0.4, 0.5) is 8.78 Å². The monoisotopic (exact) mass is 379 g/mol. The van der Waals surface area contributed by atoms with Crippen LogP contribution >= 0.6 is 0 Å². The molecule has 146 valence electrons. The van der Waals surface area contributed by atoms with Gasteiger partial charge in [-0.3, -0.25) is 4.79 Å². The van der Waals surface area contributed by atoms with Crippen LogP contribution in [-0.4, -0.2) is 31.6 Å². The van der Waals surface area contributed by atoms with E-state index in [4.69, 9.17) is 4.74 Å². The van der Waals surface area contributed by atoms with E-state index in [1.165, 1.54) is 54.8 Å². The van der Waals surface area contributed by atoms with Gasteiger partial charge in [-0.25, -0.2) is 4.79 Å². The van der Waals surface area contributed by atoms with E-state index in [9.17, 15) is 18.4 Å². The van der Waals surface area contributed by atoms with Gasteiger partial charge < -0.3 is 14.8 Å². The number of hydrogen-bond donors (Lipinski definition) is 1. The molecule has 1 aromatic rings. The molecule has 1 aliphatic carbocycles. The summed E-state index contributed by atoms with van der Waals surface area (Å²) in [6, 6.07) is 5.78. The molecule has 0 heterocycles. The number of rotatable bonds is 9. The number of amides is 1. The highest BCUT2D eigenvalue weighted by molar-refractivity contribution is 5.89. The van der Waals surface area contributed by atoms with Crippen molar-refractivity contribution in [3.05, 3.63) is 47.6 Å². The van der Waals surface area contributed by atoms with E-state index >= 15 is 0 Å². The summed E-state index contributed by atoms with van der Waals surface area (Å²) in [5, 5.41) is 2.72. The lowest BCUT2D eigenvalue weighted by Gasteiger charge is -2.12. The first-order chi connectivity index (χ1) is 13.0. The quantitative estimate of drug-likeness (QED) is 0.402. The predicted molar refractivity (Wildman–Crippen MR) is 97.2 cm³/mol. The standard InChI is InChI=1S/C20H23F2NO4/c21-20(22)27-17-9-6-16(7-10-17)8-11-19(25)26-14-18(24)23-13-12-15-4-2-1-3-5-15/h4,6-11,20H,1-3,5,12-14H2,(H,23,24). The van der Waals surface area contributed by atoms with Crippen molar-refractivity contribution >= 4 is 18.0 Å². The van der Waals surface area contributed by atoms with Gasteiger partial charge in [0, 0.05) is 12.6 Å². The lowest BCUT2D eigenvalue weighted by Crippen LogP contribution is -2.29. The number of hydrogen-bond acceptors (Lipinski definition) is 4. The summed E-state index contributed by atoms with van der Waals surface area (Å²) in [4.78, 5) is 23.3. The highest BCUT2D eigenvalue weighted by atomic mass is 19.3. The average molecular weight is 379 g/mol. The second-order valence-electron chi connectivity index (χ2n) is 6.10. The number of ether oxygens (including phenoxy) is 2. The van der Waals surface area contributed by atoms with Crippen LogP contribution in [0.5, 0.6) is 5.75 Å². The molecule has 0 aliphatic heterocycles. The van der Waals surface area contributed by atoms with Crippen LogP contribution in [0.2, 0.25) is 0 Å². The fourth-order valence-electron chi connectivity index (χ4n) is 2.65. The van der Waals surface area contributed by atoms with E-state index in [1.54, 1.807) is 0 Å². The van der Waals surface area contributed by atoms with Crippen LogP contribution in [-0.2, 0) is 14.3 Å². The van der Waals surface area contributed by atoms with E-state index in [-0.39, 0.29) is 18.3 Å². The van der Waals surface area contributed by atoms with Crippen LogP contribution in [0, 0.1) is 0 Å². The zero-order valence-corrected chi connectivity index (χ0v) is 15.0. The van der Waals surface area contributed by atoms with E-state index in [0.29, 0.717) is 12.1 Å². The molecule has 0 saturated heterocycles. The Hall–Kier alpha value is -2.70. The molecule has 7 heteroatoms. The maximum absolute atomic E-state index is 12.1. The third kappa shape index (κ3) is 8.48. The molecule has 0 unspecified atom stereocenters. The molecular formula is C20H23F2NO4. The second-order valence-corrected chi connectivity index (χ2v) is 6.10. The van der Waals surface area contributed by atoms with Crippen molar-refractivity contribution in [2.75, 3.05) is 13.2 Å². The van der Waals surface area contributed by atoms with Gasteiger partial charge in [-0.2, -0.15) is 8.78 Å². The third-order valence-corrected chi connectivity index (χ3v) is 4.02. The first-order valence-corrected chi connectivity index (χ1v) is 8.87. The first-order valence-electron chi connectivity index (χ1n) is 8.87. The lowest BCUT2D eigenvalue weighted by molar-refractivity contribution is -0.143. The molecule has 0 atom stereocenters. The highest BCUT2D eigenvalue weighted by Crippen LogP contribution is 2.19. The summed E-state index contributed by atoms with van der Waals surface area (Å²) in [6.07, 6.45) is 10.3. The largest absolute Gasteiger partial charge is 0.452 e. The topological polar surface area (TPSA) is 64.6 Å². The number of carbonyl (C=O) groups excluding carboxylic acids is 2. The van der Waals surface area contributed by atoms with Crippen molar-refractivity contribution in [3.8, 4) is 5.75 Å². The molecule has 1 aromatic carbocycles. The number of nitrogens with one attached hydrogen (secondary N) is 1. The van der Waals surface area contributed by atoms with Crippen LogP contribution < -0.4 is 10.1 Å². The van der Waals surface area contributed by atoms with E-state index < -0.39 is 12.6 Å². The molecule has 0 bridgehead atoms. The first kappa shape index (κ1) is 20.6. The van der Waals surface area contributed by atoms with Gasteiger partial charge in [0.2, 0.25) is 0 Å². The maximum atomic E-state index is 12.1. The van der Waals surface area contributed by atoms with Gasteiger partial charge in [0.15, 0.2) is 6.61 Å². The van der Waals surface area contributed by atoms with E-state index in [0.717, 1.165) is 19.3 Å². The summed E-state index contributed by atoms with van der Waals surface area (Å²) < 4.78 is 33.2. The lowest BCUT2D eigenvalue weighted by atomic mass is 9.97. The van der Waals surface area contributed by atoms with Crippen LogP contribution in [0.15, 0.2) is 42.0 Å². The Morgan fingerprint density at radius 1 is 1.19 bits per heavy atom. The molecule has 27 heavy (non-hydrogen) atoms. The predicted octanol–water partition coefficient (Wildman–Crippen LogP) is 3.85. The molecule has 2 rings (SSSR count). The Labute approximate surface area is 157 Å². The van der Waals surface area contributed by atoms with Crippen molar-refractivity contribution < 1.29 is 27.8 Å². The molecule has 0 aromatic heterocycles. The fraction of sp³-hybridized carbons (Fsp3) is 0.400. The van der Waals surface area contributed by atoms with E-state index in [1.807, 2.05) is 0 Å². The SMILES string of the molecule is O=C(COC(=O)C=Cc1ccc(OC(F)F)cc1)NCCC1=CCCCC1. The summed E-state index contributed by atoms with van der Waals surface area (Å²) in [5.41, 5.74) is 1.98. The fourth-order valence-corrected chi connectivity index (χ4v) is 2.65. The van der Waals surface area contributed by atoms with E-state index in [2.05, 4.69) is 16.1 Å². The summed E-state index contributed by atoms with van der Waals surface area (Å²) in [6.45, 7) is -2.69. The number of carbonyl (C=O) groups is 2. The van der Waals surface area contributed by atoms with Gasteiger partial charge in [0.25, 0.3) is 5.91 Å². The molecule has 5 nitrogen and oxygen atoms in total. The second kappa shape index (κ2) is 11.1. The minimum Gasteiger partial charge on any atom is -0.452 e. The Kier molecular flexibility index (Phi) is 8.48. The van der Waals surface area contributed by atoms with Crippen molar-refractivity contribution in [2.45, 2.75) is 38.7 Å². The molecular weight excluding hydrogens is 356 g/mol. The Morgan fingerprint density at radius 3 is 2.63 bits per heavy atom. The zero-order chi connectivity index (χ0) is 19.5. The number of halogens is 2. The normalized spacial score (nSPS) is 14.1. The number of esters is 1. The molecule has 0 saturated carbocycles. The highest BCUT2D eigenvalue weighted by Gasteiger charge is 2.07. The third-order valence-electron chi connectivity index (χ3n) is 4.02.